The van der Waals surface area contributed by atoms with E-state index >= 15 is 0 Å². The third-order valence-corrected chi connectivity index (χ3v) is 7.54. The lowest BCUT2D eigenvalue weighted by molar-refractivity contribution is -0.186. The van der Waals surface area contributed by atoms with Crippen LogP contribution in [0.25, 0.3) is 0 Å². The Hall–Kier alpha value is -2.60. The highest BCUT2D eigenvalue weighted by molar-refractivity contribution is 5.70. The Morgan fingerprint density at radius 1 is 1.08 bits per heavy atom. The summed E-state index contributed by atoms with van der Waals surface area (Å²) >= 11 is 0. The van der Waals surface area contributed by atoms with Crippen LogP contribution < -0.4 is 10.1 Å². The minimum Gasteiger partial charge on any atom is -0.483 e. The highest BCUT2D eigenvalue weighted by Gasteiger charge is 2.47. The number of halogens is 1. The van der Waals surface area contributed by atoms with Crippen LogP contribution in [0.1, 0.15) is 96.8 Å². The van der Waals surface area contributed by atoms with E-state index < -0.39 is 17.8 Å². The molecule has 1 saturated carbocycles. The summed E-state index contributed by atoms with van der Waals surface area (Å²) in [6.07, 6.45) is 6.78. The van der Waals surface area contributed by atoms with E-state index in [0.717, 1.165) is 29.0 Å². The lowest BCUT2D eigenvalue weighted by Gasteiger charge is -2.44. The van der Waals surface area contributed by atoms with E-state index in [1.165, 1.54) is 44.2 Å². The number of anilines is 1. The summed E-state index contributed by atoms with van der Waals surface area (Å²) in [6.45, 7) is 11.2. The first kappa shape index (κ1) is 28.4. The zero-order chi connectivity index (χ0) is 27.3. The van der Waals surface area contributed by atoms with E-state index in [1.54, 1.807) is 12.1 Å². The number of hydrogen-bond acceptors (Lipinski definition) is 5. The van der Waals surface area contributed by atoms with Crippen molar-refractivity contribution in [3.05, 3.63) is 59.4 Å². The van der Waals surface area contributed by atoms with Gasteiger partial charge >= 0.3 is 5.97 Å². The SMILES string of the molecule is CC(C)(C)CC(=O)OC1C(OCCC2CCCCC2)c2cc(NCc3ccc(F)cc3)ccc2OC1(C)C. The van der Waals surface area contributed by atoms with Crippen molar-refractivity contribution in [1.29, 1.82) is 0 Å². The van der Waals surface area contributed by atoms with E-state index in [0.29, 0.717) is 25.5 Å². The van der Waals surface area contributed by atoms with Gasteiger partial charge in [-0.15, -0.1) is 0 Å². The van der Waals surface area contributed by atoms with Gasteiger partial charge in [-0.2, -0.15) is 0 Å². The minimum atomic E-state index is -0.751. The summed E-state index contributed by atoms with van der Waals surface area (Å²) in [6, 6.07) is 12.4. The summed E-state index contributed by atoms with van der Waals surface area (Å²) in [4.78, 5) is 13.0. The summed E-state index contributed by atoms with van der Waals surface area (Å²) in [5, 5.41) is 3.42. The average molecular weight is 526 g/mol. The molecule has 1 aliphatic carbocycles. The van der Waals surface area contributed by atoms with Gasteiger partial charge in [0.25, 0.3) is 0 Å². The molecular weight excluding hydrogens is 481 g/mol. The number of benzene rings is 2. The first-order valence-corrected chi connectivity index (χ1v) is 14.1. The Morgan fingerprint density at radius 3 is 2.47 bits per heavy atom. The number of esters is 1. The van der Waals surface area contributed by atoms with Gasteiger partial charge in [0.2, 0.25) is 0 Å². The summed E-state index contributed by atoms with van der Waals surface area (Å²) in [5.74, 6) is 0.950. The molecule has 2 aromatic carbocycles. The minimum absolute atomic E-state index is 0.177. The predicted octanol–water partition coefficient (Wildman–Crippen LogP) is 7.98. The lowest BCUT2D eigenvalue weighted by Crippen LogP contribution is -2.52. The number of carbonyl (C=O) groups excluding carboxylic acids is 1. The van der Waals surface area contributed by atoms with Crippen LogP contribution in [0.3, 0.4) is 0 Å². The maximum Gasteiger partial charge on any atom is 0.306 e. The van der Waals surface area contributed by atoms with E-state index in [-0.39, 0.29) is 17.2 Å². The van der Waals surface area contributed by atoms with Crippen molar-refractivity contribution in [3.8, 4) is 5.75 Å². The molecule has 38 heavy (non-hydrogen) atoms. The largest absolute Gasteiger partial charge is 0.483 e. The highest BCUT2D eigenvalue weighted by atomic mass is 19.1. The van der Waals surface area contributed by atoms with Gasteiger partial charge in [0.1, 0.15) is 23.3 Å². The Labute approximate surface area is 227 Å². The second kappa shape index (κ2) is 12.1. The van der Waals surface area contributed by atoms with Gasteiger partial charge < -0.3 is 19.5 Å². The van der Waals surface area contributed by atoms with Gasteiger partial charge in [-0.1, -0.05) is 65.0 Å². The van der Waals surface area contributed by atoms with Crippen molar-refractivity contribution in [2.24, 2.45) is 11.3 Å². The monoisotopic (exact) mass is 525 g/mol. The normalized spacial score (nSPS) is 21.3. The predicted molar refractivity (Wildman–Crippen MR) is 149 cm³/mol. The molecule has 1 N–H and O–H groups in total. The van der Waals surface area contributed by atoms with Gasteiger partial charge in [0, 0.05) is 24.4 Å². The maximum absolute atomic E-state index is 13.3. The topological polar surface area (TPSA) is 56.8 Å². The second-order valence-electron chi connectivity index (χ2n) is 12.7. The van der Waals surface area contributed by atoms with E-state index in [9.17, 15) is 9.18 Å². The second-order valence-corrected chi connectivity index (χ2v) is 12.7. The van der Waals surface area contributed by atoms with Gasteiger partial charge in [-0.3, -0.25) is 4.79 Å². The molecule has 2 aliphatic rings. The average Bonchev–Trinajstić information content (AvgIpc) is 2.85. The Morgan fingerprint density at radius 2 is 1.79 bits per heavy atom. The maximum atomic E-state index is 13.3. The van der Waals surface area contributed by atoms with Crippen LogP contribution in [0.15, 0.2) is 42.5 Å². The molecule has 4 rings (SSSR count). The zero-order valence-corrected chi connectivity index (χ0v) is 23.6. The fourth-order valence-electron chi connectivity index (χ4n) is 5.48. The van der Waals surface area contributed by atoms with Crippen LogP contribution >= 0.6 is 0 Å². The summed E-state index contributed by atoms with van der Waals surface area (Å²) < 4.78 is 32.4. The lowest BCUT2D eigenvalue weighted by atomic mass is 9.86. The number of fused-ring (bicyclic) bond motifs is 1. The number of ether oxygens (including phenoxy) is 3. The number of hydrogen-bond donors (Lipinski definition) is 1. The van der Waals surface area contributed by atoms with Crippen LogP contribution in [0.5, 0.6) is 5.75 Å². The quantitative estimate of drug-likeness (QED) is 0.336. The van der Waals surface area contributed by atoms with Crippen LogP contribution in [-0.2, 0) is 20.8 Å². The Balaban J connectivity index is 1.55. The molecule has 0 bridgehead atoms. The van der Waals surface area contributed by atoms with E-state index in [4.69, 9.17) is 14.2 Å². The Bertz CT molecular complexity index is 1070. The van der Waals surface area contributed by atoms with Crippen molar-refractivity contribution < 1.29 is 23.4 Å². The molecule has 1 fully saturated rings. The fourth-order valence-corrected chi connectivity index (χ4v) is 5.48. The highest BCUT2D eigenvalue weighted by Crippen LogP contribution is 2.45. The van der Waals surface area contributed by atoms with Crippen molar-refractivity contribution in [1.82, 2.24) is 0 Å². The molecule has 0 saturated heterocycles. The number of rotatable bonds is 9. The van der Waals surface area contributed by atoms with E-state index in [1.807, 2.05) is 52.8 Å². The molecule has 0 spiro atoms. The van der Waals surface area contributed by atoms with Crippen LogP contribution in [-0.4, -0.2) is 24.3 Å². The van der Waals surface area contributed by atoms with Crippen LogP contribution in [0, 0.1) is 17.2 Å². The van der Waals surface area contributed by atoms with Crippen molar-refractivity contribution in [3.63, 3.8) is 0 Å². The molecule has 2 atom stereocenters. The third kappa shape index (κ3) is 7.72. The molecule has 1 aliphatic heterocycles. The summed E-state index contributed by atoms with van der Waals surface area (Å²) in [5.41, 5.74) is 1.83. The summed E-state index contributed by atoms with van der Waals surface area (Å²) in [7, 11) is 0. The van der Waals surface area contributed by atoms with Gasteiger partial charge in [0.15, 0.2) is 6.10 Å². The standard InChI is InChI=1S/C32H44FNO4/c1-31(2,3)20-28(35)37-30-29(36-18-17-22-9-7-6-8-10-22)26-19-25(15-16-27(26)38-32(30,4)5)34-21-23-11-13-24(33)14-12-23/h11-16,19,22,29-30,34H,6-10,17-18,20-21H2,1-5H3. The molecule has 0 radical (unpaired) electrons. The van der Waals surface area contributed by atoms with E-state index in [2.05, 4.69) is 5.32 Å². The molecule has 2 unspecified atom stereocenters. The third-order valence-electron chi connectivity index (χ3n) is 7.54. The molecule has 6 heteroatoms. The molecule has 2 aromatic rings. The molecule has 0 aromatic heterocycles. The number of nitrogens with one attached hydrogen (secondary N) is 1. The van der Waals surface area contributed by atoms with Gasteiger partial charge in [-0.25, -0.2) is 4.39 Å². The van der Waals surface area contributed by atoms with Crippen LogP contribution in [0.4, 0.5) is 10.1 Å². The molecule has 208 valence electrons. The van der Waals surface area contributed by atoms with Crippen LogP contribution in [0.2, 0.25) is 0 Å². The van der Waals surface area contributed by atoms with Crippen molar-refractivity contribution in [2.75, 3.05) is 11.9 Å². The first-order valence-electron chi connectivity index (χ1n) is 14.1. The molecule has 1 heterocycles. The fraction of sp³-hybridized carbons (Fsp3) is 0.594. The van der Waals surface area contributed by atoms with Crippen molar-refractivity contribution >= 4 is 11.7 Å². The Kier molecular flexibility index (Phi) is 9.02. The molecule has 5 nitrogen and oxygen atoms in total. The number of carbonyl (C=O) groups is 1. The molecular formula is C32H44FNO4. The molecule has 0 amide bonds. The van der Waals surface area contributed by atoms with Crippen molar-refractivity contribution in [2.45, 2.75) is 104 Å². The van der Waals surface area contributed by atoms with Gasteiger partial charge in [0.05, 0.1) is 6.42 Å². The van der Waals surface area contributed by atoms with Gasteiger partial charge in [-0.05, 0) is 67.5 Å². The smallest absolute Gasteiger partial charge is 0.306 e. The first-order chi connectivity index (χ1) is 18.0. The zero-order valence-electron chi connectivity index (χ0n) is 23.6.